The van der Waals surface area contributed by atoms with Crippen molar-refractivity contribution in [2.75, 3.05) is 0 Å². The molecular weight excluding hydrogens is 403 g/mol. The summed E-state index contributed by atoms with van der Waals surface area (Å²) in [6.07, 6.45) is 2.66. The van der Waals surface area contributed by atoms with Gasteiger partial charge in [-0.2, -0.15) is 0 Å². The number of rotatable bonds is 5. The van der Waals surface area contributed by atoms with Crippen molar-refractivity contribution in [3.63, 3.8) is 0 Å². The topological polar surface area (TPSA) is 46.5 Å². The number of hydrogen-bond acceptors (Lipinski definition) is 2. The second-order valence-electron chi connectivity index (χ2n) is 4.28. The Morgan fingerprint density at radius 2 is 1.95 bits per heavy atom. The highest BCUT2D eigenvalue weighted by Crippen LogP contribution is 2.24. The van der Waals surface area contributed by atoms with Gasteiger partial charge >= 0.3 is 5.97 Å². The summed E-state index contributed by atoms with van der Waals surface area (Å²) in [7, 11) is 0. The Kier molecular flexibility index (Phi) is 5.64. The van der Waals surface area contributed by atoms with Gasteiger partial charge in [0.2, 0.25) is 0 Å². The molecule has 0 aromatic heterocycles. The molecule has 0 saturated carbocycles. The molecule has 108 valence electrons. The van der Waals surface area contributed by atoms with Crippen LogP contribution in [0.5, 0.6) is 5.75 Å². The van der Waals surface area contributed by atoms with Crippen molar-refractivity contribution in [3.8, 4) is 5.75 Å². The quantitative estimate of drug-likeness (QED) is 0.573. The van der Waals surface area contributed by atoms with E-state index in [9.17, 15) is 4.79 Å². The maximum absolute atomic E-state index is 10.5. The van der Waals surface area contributed by atoms with Crippen molar-refractivity contribution in [3.05, 3.63) is 68.3 Å². The van der Waals surface area contributed by atoms with Gasteiger partial charge in [0.15, 0.2) is 0 Å². The van der Waals surface area contributed by atoms with Gasteiger partial charge in [-0.05, 0) is 64.1 Å². The number of benzene rings is 2. The molecule has 0 amide bonds. The lowest BCUT2D eigenvalue weighted by Crippen LogP contribution is -1.97. The number of carboxylic acid groups (broad SMARTS) is 1. The van der Waals surface area contributed by atoms with Gasteiger partial charge in [-0.25, -0.2) is 4.79 Å². The average molecular weight is 415 g/mol. The Bertz CT molecular complexity index is 666. The highest BCUT2D eigenvalue weighted by Gasteiger charge is 2.03. The molecule has 0 aliphatic heterocycles. The van der Waals surface area contributed by atoms with Crippen LogP contribution in [0.15, 0.2) is 48.5 Å². The summed E-state index contributed by atoms with van der Waals surface area (Å²) < 4.78 is 6.68. The molecule has 0 radical (unpaired) electrons. The maximum atomic E-state index is 10.5. The Morgan fingerprint density at radius 1 is 1.24 bits per heavy atom. The predicted octanol–water partition coefficient (Wildman–Crippen LogP) is 4.62. The molecule has 0 aliphatic rings. The highest BCUT2D eigenvalue weighted by molar-refractivity contribution is 14.1. The van der Waals surface area contributed by atoms with Crippen LogP contribution in [0.2, 0.25) is 5.02 Å². The van der Waals surface area contributed by atoms with E-state index in [0.717, 1.165) is 26.5 Å². The van der Waals surface area contributed by atoms with Crippen molar-refractivity contribution >= 4 is 46.2 Å². The van der Waals surface area contributed by atoms with Gasteiger partial charge in [-0.1, -0.05) is 29.8 Å². The third kappa shape index (κ3) is 5.06. The number of carbonyl (C=O) groups is 1. The van der Waals surface area contributed by atoms with Gasteiger partial charge in [-0.3, -0.25) is 0 Å². The smallest absolute Gasteiger partial charge is 0.328 e. The van der Waals surface area contributed by atoms with Gasteiger partial charge in [0.05, 0.1) is 3.57 Å². The number of aliphatic carboxylic acids is 1. The molecule has 0 atom stereocenters. The third-order valence-corrected chi connectivity index (χ3v) is 3.78. The molecule has 2 aromatic rings. The highest BCUT2D eigenvalue weighted by atomic mass is 127. The predicted molar refractivity (Wildman–Crippen MR) is 91.6 cm³/mol. The molecule has 0 spiro atoms. The van der Waals surface area contributed by atoms with Crippen LogP contribution in [0.25, 0.3) is 6.08 Å². The second kappa shape index (κ2) is 7.47. The molecule has 0 heterocycles. The minimum Gasteiger partial charge on any atom is -0.488 e. The first-order valence-corrected chi connectivity index (χ1v) is 7.58. The largest absolute Gasteiger partial charge is 0.488 e. The maximum Gasteiger partial charge on any atom is 0.328 e. The first-order chi connectivity index (χ1) is 10.0. The zero-order valence-electron chi connectivity index (χ0n) is 10.9. The first kappa shape index (κ1) is 15.9. The molecule has 0 saturated heterocycles. The standard InChI is InChI=1S/C16H12ClIO3/c17-13-5-1-12(2-6-13)10-21-15-7-3-11(9-14(15)18)4-8-16(19)20/h1-9H,10H2,(H,19,20)/b8-4+. The van der Waals surface area contributed by atoms with E-state index in [2.05, 4.69) is 22.6 Å². The van der Waals surface area contributed by atoms with E-state index in [0.29, 0.717) is 11.6 Å². The van der Waals surface area contributed by atoms with Crippen LogP contribution in [0, 0.1) is 3.57 Å². The molecule has 21 heavy (non-hydrogen) atoms. The molecule has 3 nitrogen and oxygen atoms in total. The van der Waals surface area contributed by atoms with E-state index in [1.165, 1.54) is 0 Å². The monoisotopic (exact) mass is 414 g/mol. The average Bonchev–Trinajstić information content (AvgIpc) is 2.46. The number of halogens is 2. The third-order valence-electron chi connectivity index (χ3n) is 2.68. The number of ether oxygens (including phenoxy) is 1. The second-order valence-corrected chi connectivity index (χ2v) is 5.88. The fourth-order valence-corrected chi connectivity index (χ4v) is 2.47. The van der Waals surface area contributed by atoms with Gasteiger partial charge in [0, 0.05) is 11.1 Å². The van der Waals surface area contributed by atoms with Crippen molar-refractivity contribution in [2.45, 2.75) is 6.61 Å². The molecular formula is C16H12ClIO3. The molecule has 0 fully saturated rings. The number of carboxylic acids is 1. The van der Waals surface area contributed by atoms with E-state index in [1.807, 2.05) is 42.5 Å². The first-order valence-electron chi connectivity index (χ1n) is 6.12. The van der Waals surface area contributed by atoms with Crippen LogP contribution in [-0.4, -0.2) is 11.1 Å². The fraction of sp³-hybridized carbons (Fsp3) is 0.0625. The van der Waals surface area contributed by atoms with Crippen LogP contribution >= 0.6 is 34.2 Å². The van der Waals surface area contributed by atoms with E-state index < -0.39 is 5.97 Å². The molecule has 1 N–H and O–H groups in total. The molecule has 2 aromatic carbocycles. The summed E-state index contributed by atoms with van der Waals surface area (Å²) in [5.74, 6) is -0.203. The lowest BCUT2D eigenvalue weighted by molar-refractivity contribution is -0.131. The van der Waals surface area contributed by atoms with Crippen LogP contribution in [0.1, 0.15) is 11.1 Å². The van der Waals surface area contributed by atoms with E-state index in [4.69, 9.17) is 21.4 Å². The fourth-order valence-electron chi connectivity index (χ4n) is 1.65. The normalized spacial score (nSPS) is 10.8. The SMILES string of the molecule is O=C(O)/C=C/c1ccc(OCc2ccc(Cl)cc2)c(I)c1. The van der Waals surface area contributed by atoms with Crippen LogP contribution in [-0.2, 0) is 11.4 Å². The Balaban J connectivity index is 2.04. The summed E-state index contributed by atoms with van der Waals surface area (Å²) in [6.45, 7) is 0.456. The Labute approximate surface area is 141 Å². The van der Waals surface area contributed by atoms with Crippen LogP contribution < -0.4 is 4.74 Å². The van der Waals surface area contributed by atoms with Gasteiger partial charge < -0.3 is 9.84 Å². The van der Waals surface area contributed by atoms with Crippen molar-refractivity contribution < 1.29 is 14.6 Å². The summed E-state index contributed by atoms with van der Waals surface area (Å²) >= 11 is 8.00. The lowest BCUT2D eigenvalue weighted by Gasteiger charge is -2.09. The summed E-state index contributed by atoms with van der Waals surface area (Å²) in [4.78, 5) is 10.5. The van der Waals surface area contributed by atoms with E-state index in [-0.39, 0.29) is 0 Å². The molecule has 0 unspecified atom stereocenters. The Morgan fingerprint density at radius 3 is 2.57 bits per heavy atom. The Hall–Kier alpha value is -1.53. The van der Waals surface area contributed by atoms with Crippen molar-refractivity contribution in [1.29, 1.82) is 0 Å². The van der Waals surface area contributed by atoms with Crippen LogP contribution in [0.3, 0.4) is 0 Å². The molecule has 5 heteroatoms. The molecule has 2 rings (SSSR count). The van der Waals surface area contributed by atoms with Crippen LogP contribution in [0.4, 0.5) is 0 Å². The molecule has 0 aliphatic carbocycles. The van der Waals surface area contributed by atoms with E-state index in [1.54, 1.807) is 6.08 Å². The summed E-state index contributed by atoms with van der Waals surface area (Å²) in [6, 6.07) is 13.0. The van der Waals surface area contributed by atoms with Crippen molar-refractivity contribution in [2.24, 2.45) is 0 Å². The minimum atomic E-state index is -0.965. The van der Waals surface area contributed by atoms with Crippen molar-refractivity contribution in [1.82, 2.24) is 0 Å². The summed E-state index contributed by atoms with van der Waals surface area (Å²) in [5, 5.41) is 9.30. The lowest BCUT2D eigenvalue weighted by atomic mass is 10.2. The van der Waals surface area contributed by atoms with Gasteiger partial charge in [0.1, 0.15) is 12.4 Å². The number of hydrogen-bond donors (Lipinski definition) is 1. The van der Waals surface area contributed by atoms with E-state index >= 15 is 0 Å². The summed E-state index contributed by atoms with van der Waals surface area (Å²) in [5.41, 5.74) is 1.85. The minimum absolute atomic E-state index is 0.456. The van der Waals surface area contributed by atoms with Gasteiger partial charge in [0.25, 0.3) is 0 Å². The molecule has 0 bridgehead atoms. The van der Waals surface area contributed by atoms with Gasteiger partial charge in [-0.15, -0.1) is 0 Å². The zero-order chi connectivity index (χ0) is 15.2. The zero-order valence-corrected chi connectivity index (χ0v) is 13.8.